The fourth-order valence-corrected chi connectivity index (χ4v) is 2.08. The summed E-state index contributed by atoms with van der Waals surface area (Å²) in [6.45, 7) is 11.7. The van der Waals surface area contributed by atoms with Gasteiger partial charge in [0.05, 0.1) is 6.61 Å². The maximum absolute atomic E-state index is 6.05. The highest BCUT2D eigenvalue weighted by molar-refractivity contribution is 5.85. The van der Waals surface area contributed by atoms with Crippen LogP contribution in [0.25, 0.3) is 0 Å². The minimum atomic E-state index is 0. The van der Waals surface area contributed by atoms with Gasteiger partial charge in [0.15, 0.2) is 0 Å². The molecule has 0 aliphatic rings. The SMILES string of the molecule is CCCOc1ccc(CC(N)CC)cc1C(C)(C)C.Cl. The molecule has 0 aromatic heterocycles. The van der Waals surface area contributed by atoms with E-state index in [1.165, 1.54) is 11.1 Å². The molecule has 0 aliphatic carbocycles. The third kappa shape index (κ3) is 5.72. The molecule has 2 nitrogen and oxygen atoms in total. The van der Waals surface area contributed by atoms with Crippen LogP contribution in [0.15, 0.2) is 18.2 Å². The normalized spacial score (nSPS) is 12.7. The van der Waals surface area contributed by atoms with Crippen LogP contribution in [0.5, 0.6) is 5.75 Å². The summed E-state index contributed by atoms with van der Waals surface area (Å²) in [6, 6.07) is 6.76. The predicted octanol–water partition coefficient (Wildman–Crippen LogP) is 4.47. The van der Waals surface area contributed by atoms with Crippen molar-refractivity contribution in [3.63, 3.8) is 0 Å². The Morgan fingerprint density at radius 1 is 1.20 bits per heavy atom. The fourth-order valence-electron chi connectivity index (χ4n) is 2.08. The van der Waals surface area contributed by atoms with Gasteiger partial charge in [-0.05, 0) is 41.9 Å². The fraction of sp³-hybridized carbons (Fsp3) is 0.647. The number of ether oxygens (including phenoxy) is 1. The highest BCUT2D eigenvalue weighted by Crippen LogP contribution is 2.32. The number of benzene rings is 1. The largest absolute Gasteiger partial charge is 0.493 e. The summed E-state index contributed by atoms with van der Waals surface area (Å²) < 4.78 is 5.87. The van der Waals surface area contributed by atoms with Crippen molar-refractivity contribution in [2.75, 3.05) is 6.61 Å². The summed E-state index contributed by atoms with van der Waals surface area (Å²) in [5.41, 5.74) is 8.73. The Hall–Kier alpha value is -0.730. The molecule has 1 rings (SSSR count). The third-order valence-electron chi connectivity index (χ3n) is 3.34. The Morgan fingerprint density at radius 3 is 2.35 bits per heavy atom. The Morgan fingerprint density at radius 2 is 1.85 bits per heavy atom. The van der Waals surface area contributed by atoms with E-state index in [1.54, 1.807) is 0 Å². The zero-order valence-corrected chi connectivity index (χ0v) is 14.3. The van der Waals surface area contributed by atoms with Gasteiger partial charge in [-0.1, -0.05) is 46.8 Å². The van der Waals surface area contributed by atoms with Crippen LogP contribution in [-0.2, 0) is 11.8 Å². The molecule has 0 bridgehead atoms. The number of hydrogen-bond donors (Lipinski definition) is 1. The van der Waals surface area contributed by atoms with Crippen LogP contribution >= 0.6 is 12.4 Å². The van der Waals surface area contributed by atoms with E-state index in [2.05, 4.69) is 52.8 Å². The first-order valence-corrected chi connectivity index (χ1v) is 7.40. The summed E-state index contributed by atoms with van der Waals surface area (Å²) in [6.07, 6.45) is 2.98. The number of rotatable bonds is 6. The van der Waals surface area contributed by atoms with Crippen LogP contribution in [0.1, 0.15) is 58.6 Å². The zero-order chi connectivity index (χ0) is 14.5. The molecule has 1 aromatic rings. The molecule has 3 heteroatoms. The van der Waals surface area contributed by atoms with Crippen molar-refractivity contribution < 1.29 is 4.74 Å². The van der Waals surface area contributed by atoms with Crippen LogP contribution < -0.4 is 10.5 Å². The van der Waals surface area contributed by atoms with Crippen LogP contribution in [-0.4, -0.2) is 12.6 Å². The lowest BCUT2D eigenvalue weighted by atomic mass is 9.84. The van der Waals surface area contributed by atoms with Crippen LogP contribution in [0.2, 0.25) is 0 Å². The van der Waals surface area contributed by atoms with E-state index in [-0.39, 0.29) is 23.9 Å². The molecule has 20 heavy (non-hydrogen) atoms. The lowest BCUT2D eigenvalue weighted by molar-refractivity contribution is 0.308. The van der Waals surface area contributed by atoms with Crippen molar-refractivity contribution in [2.45, 2.75) is 65.3 Å². The molecule has 0 saturated heterocycles. The quantitative estimate of drug-likeness (QED) is 0.841. The maximum Gasteiger partial charge on any atom is 0.123 e. The Kier molecular flexibility index (Phi) is 8.22. The summed E-state index contributed by atoms with van der Waals surface area (Å²) >= 11 is 0. The second-order valence-electron chi connectivity index (χ2n) is 6.30. The first-order valence-electron chi connectivity index (χ1n) is 7.40. The molecular weight excluding hydrogens is 270 g/mol. The van der Waals surface area contributed by atoms with E-state index < -0.39 is 0 Å². The highest BCUT2D eigenvalue weighted by atomic mass is 35.5. The molecule has 0 fully saturated rings. The minimum Gasteiger partial charge on any atom is -0.493 e. The van der Waals surface area contributed by atoms with Gasteiger partial charge in [-0.25, -0.2) is 0 Å². The lowest BCUT2D eigenvalue weighted by Crippen LogP contribution is -2.22. The van der Waals surface area contributed by atoms with Gasteiger partial charge in [0.2, 0.25) is 0 Å². The summed E-state index contributed by atoms with van der Waals surface area (Å²) in [5, 5.41) is 0. The van der Waals surface area contributed by atoms with E-state index in [9.17, 15) is 0 Å². The van der Waals surface area contributed by atoms with Crippen molar-refractivity contribution in [3.8, 4) is 5.75 Å². The Bertz CT molecular complexity index is 398. The molecule has 0 radical (unpaired) electrons. The highest BCUT2D eigenvalue weighted by Gasteiger charge is 2.19. The van der Waals surface area contributed by atoms with E-state index >= 15 is 0 Å². The first kappa shape index (κ1) is 19.3. The molecule has 116 valence electrons. The maximum atomic E-state index is 6.05. The van der Waals surface area contributed by atoms with Crippen molar-refractivity contribution in [3.05, 3.63) is 29.3 Å². The van der Waals surface area contributed by atoms with Crippen molar-refractivity contribution >= 4 is 12.4 Å². The third-order valence-corrected chi connectivity index (χ3v) is 3.34. The topological polar surface area (TPSA) is 35.2 Å². The van der Waals surface area contributed by atoms with Crippen molar-refractivity contribution in [1.82, 2.24) is 0 Å². The Labute approximate surface area is 130 Å². The molecule has 1 aromatic carbocycles. The van der Waals surface area contributed by atoms with Gasteiger partial charge in [0, 0.05) is 6.04 Å². The molecule has 2 N–H and O–H groups in total. The number of hydrogen-bond acceptors (Lipinski definition) is 2. The molecule has 0 spiro atoms. The van der Waals surface area contributed by atoms with Gasteiger partial charge in [-0.3, -0.25) is 0 Å². The average Bonchev–Trinajstić information content (AvgIpc) is 2.35. The predicted molar refractivity (Wildman–Crippen MR) is 90.1 cm³/mol. The van der Waals surface area contributed by atoms with Gasteiger partial charge in [0.1, 0.15) is 5.75 Å². The molecule has 1 unspecified atom stereocenters. The van der Waals surface area contributed by atoms with Gasteiger partial charge in [0.25, 0.3) is 0 Å². The zero-order valence-electron chi connectivity index (χ0n) is 13.5. The van der Waals surface area contributed by atoms with Crippen molar-refractivity contribution in [1.29, 1.82) is 0 Å². The number of halogens is 1. The summed E-state index contributed by atoms with van der Waals surface area (Å²) in [7, 11) is 0. The summed E-state index contributed by atoms with van der Waals surface area (Å²) in [4.78, 5) is 0. The standard InChI is InChI=1S/C17H29NO.ClH/c1-6-10-19-16-9-8-13(11-14(18)7-2)12-15(16)17(3,4)5;/h8-9,12,14H,6-7,10-11,18H2,1-5H3;1H. The van der Waals surface area contributed by atoms with Crippen LogP contribution in [0.4, 0.5) is 0 Å². The van der Waals surface area contributed by atoms with Crippen LogP contribution in [0.3, 0.4) is 0 Å². The van der Waals surface area contributed by atoms with Gasteiger partial charge >= 0.3 is 0 Å². The van der Waals surface area contributed by atoms with E-state index in [0.717, 1.165) is 31.6 Å². The molecule has 0 saturated carbocycles. The first-order chi connectivity index (χ1) is 8.88. The van der Waals surface area contributed by atoms with Crippen LogP contribution in [0, 0.1) is 0 Å². The van der Waals surface area contributed by atoms with E-state index in [0.29, 0.717) is 0 Å². The molecular formula is C17H30ClNO. The molecule has 1 atom stereocenters. The average molecular weight is 300 g/mol. The molecule has 0 aliphatic heterocycles. The monoisotopic (exact) mass is 299 g/mol. The Balaban J connectivity index is 0.00000361. The van der Waals surface area contributed by atoms with Gasteiger partial charge in [-0.2, -0.15) is 0 Å². The second-order valence-corrected chi connectivity index (χ2v) is 6.30. The smallest absolute Gasteiger partial charge is 0.123 e. The minimum absolute atomic E-state index is 0. The second kappa shape index (κ2) is 8.53. The molecule has 0 amide bonds. The van der Waals surface area contributed by atoms with E-state index in [1.807, 2.05) is 0 Å². The summed E-state index contributed by atoms with van der Waals surface area (Å²) in [5.74, 6) is 1.02. The van der Waals surface area contributed by atoms with Gasteiger partial charge in [-0.15, -0.1) is 12.4 Å². The molecule has 0 heterocycles. The number of nitrogens with two attached hydrogens (primary N) is 1. The van der Waals surface area contributed by atoms with E-state index in [4.69, 9.17) is 10.5 Å². The lowest BCUT2D eigenvalue weighted by Gasteiger charge is -2.24. The van der Waals surface area contributed by atoms with Gasteiger partial charge < -0.3 is 10.5 Å². The van der Waals surface area contributed by atoms with Crippen molar-refractivity contribution in [2.24, 2.45) is 5.73 Å².